The second kappa shape index (κ2) is 9.94. The summed E-state index contributed by atoms with van der Waals surface area (Å²) in [5, 5.41) is 6.06. The van der Waals surface area contributed by atoms with Crippen molar-refractivity contribution in [2.75, 3.05) is 17.8 Å². The molecule has 0 aliphatic carbocycles. The number of fused-ring (bicyclic) bond motifs is 1. The second-order valence-electron chi connectivity index (χ2n) is 7.76. The van der Waals surface area contributed by atoms with Crippen molar-refractivity contribution in [1.29, 1.82) is 0 Å². The molecule has 1 aliphatic heterocycles. The van der Waals surface area contributed by atoms with Crippen molar-refractivity contribution in [2.45, 2.75) is 38.6 Å². The first-order valence-corrected chi connectivity index (χ1v) is 13.3. The summed E-state index contributed by atoms with van der Waals surface area (Å²) in [6, 6.07) is -0.885. The van der Waals surface area contributed by atoms with Crippen molar-refractivity contribution in [1.82, 2.24) is 19.5 Å². The zero-order valence-electron chi connectivity index (χ0n) is 17.9. The van der Waals surface area contributed by atoms with E-state index >= 15 is 0 Å². The van der Waals surface area contributed by atoms with E-state index in [-0.39, 0.29) is 35.4 Å². The highest BCUT2D eigenvalue weighted by atomic mass is 31.2. The van der Waals surface area contributed by atoms with Gasteiger partial charge in [0.2, 0.25) is 11.9 Å². The molecule has 3 heterocycles. The number of nitrogens with zero attached hydrogens (tertiary/aromatic N) is 6. The highest BCUT2D eigenvalue weighted by Crippen LogP contribution is 2.55. The number of carbonyl (C=O) groups is 1. The van der Waals surface area contributed by atoms with Gasteiger partial charge in [-0.3, -0.25) is 33.6 Å². The molecule has 1 aliphatic rings. The molecule has 4 atom stereocenters. The average Bonchev–Trinajstić information content (AvgIpc) is 3.29. The first-order valence-electron chi connectivity index (χ1n) is 9.78. The number of anilines is 1. The molecule has 19 heteroatoms. The molecule has 186 valence electrons. The lowest BCUT2D eigenvalue weighted by Gasteiger charge is -2.19. The number of H-pyrrole nitrogens is 1. The zero-order chi connectivity index (χ0) is 25.3. The lowest BCUT2D eigenvalue weighted by molar-refractivity contribution is -0.118. The fraction of sp³-hybridized carbons (Fsp3) is 0.600. The lowest BCUT2D eigenvalue weighted by Crippen LogP contribution is -2.25. The molecule has 0 saturated carbocycles. The molecule has 34 heavy (non-hydrogen) atoms. The van der Waals surface area contributed by atoms with Gasteiger partial charge in [0.25, 0.3) is 5.56 Å². The average molecular weight is 520 g/mol. The first-order chi connectivity index (χ1) is 15.8. The molecule has 2 aromatic heterocycles. The highest BCUT2D eigenvalue weighted by molar-refractivity contribution is 7.70. The van der Waals surface area contributed by atoms with Crippen LogP contribution in [0, 0.1) is 5.92 Å². The summed E-state index contributed by atoms with van der Waals surface area (Å²) < 4.78 is 34.9. The molecule has 0 bridgehead atoms. The Kier molecular flexibility index (Phi) is 7.60. The van der Waals surface area contributed by atoms with Crippen molar-refractivity contribution < 1.29 is 37.9 Å². The third-order valence-corrected chi connectivity index (χ3v) is 8.17. The molecule has 1 saturated heterocycles. The molecule has 3 unspecified atom stereocenters. The van der Waals surface area contributed by atoms with Crippen LogP contribution in [-0.4, -0.2) is 64.8 Å². The van der Waals surface area contributed by atoms with E-state index in [1.54, 1.807) is 13.8 Å². The fourth-order valence-corrected chi connectivity index (χ4v) is 5.71. The summed E-state index contributed by atoms with van der Waals surface area (Å²) in [5.74, 6) is -2.25. The van der Waals surface area contributed by atoms with Crippen molar-refractivity contribution >= 4 is 38.2 Å². The molecule has 0 aromatic carbocycles. The largest absolute Gasteiger partial charge is 0.352 e. The van der Waals surface area contributed by atoms with E-state index in [2.05, 4.69) is 30.3 Å². The van der Waals surface area contributed by atoms with Crippen LogP contribution in [0.2, 0.25) is 0 Å². The van der Waals surface area contributed by atoms with E-state index in [4.69, 9.17) is 24.6 Å². The van der Waals surface area contributed by atoms with Crippen LogP contribution in [0.25, 0.3) is 21.6 Å². The number of hydrogen-bond donors (Lipinski definition) is 5. The smallest absolute Gasteiger partial charge is 0.340 e. The summed E-state index contributed by atoms with van der Waals surface area (Å²) >= 11 is 0. The Morgan fingerprint density at radius 3 is 2.79 bits per heavy atom. The molecular formula is C15H22N8O9P2. The number of nitrogens with one attached hydrogen (secondary N) is 2. The number of amides is 1. The Morgan fingerprint density at radius 1 is 1.47 bits per heavy atom. The minimum Gasteiger partial charge on any atom is -0.352 e. The Labute approximate surface area is 190 Å². The minimum absolute atomic E-state index is 0.0416. The molecule has 0 spiro atoms. The van der Waals surface area contributed by atoms with Crippen molar-refractivity contribution in [3.8, 4) is 0 Å². The van der Waals surface area contributed by atoms with Crippen LogP contribution in [0.15, 0.2) is 16.2 Å². The summed E-state index contributed by atoms with van der Waals surface area (Å²) in [6.45, 7) is 2.71. The number of carbonyl (C=O) groups excluding carboxylic acids is 1. The second-order valence-corrected chi connectivity index (χ2v) is 11.8. The van der Waals surface area contributed by atoms with Crippen LogP contribution in [0.5, 0.6) is 0 Å². The van der Waals surface area contributed by atoms with E-state index in [0.29, 0.717) is 0 Å². The van der Waals surface area contributed by atoms with Gasteiger partial charge in [0.1, 0.15) is 6.23 Å². The topological polar surface area (TPSA) is 255 Å². The van der Waals surface area contributed by atoms with E-state index < -0.39 is 51.6 Å². The van der Waals surface area contributed by atoms with Crippen molar-refractivity contribution in [3.05, 3.63) is 27.1 Å². The third-order valence-electron chi connectivity index (χ3n) is 4.72. The van der Waals surface area contributed by atoms with Crippen LogP contribution < -0.4 is 10.9 Å². The summed E-state index contributed by atoms with van der Waals surface area (Å²) in [4.78, 5) is 65.2. The van der Waals surface area contributed by atoms with Gasteiger partial charge >= 0.3 is 15.2 Å². The van der Waals surface area contributed by atoms with Crippen LogP contribution in [0.1, 0.15) is 26.5 Å². The predicted octanol–water partition coefficient (Wildman–Crippen LogP) is 1.02. The molecule has 1 amide bonds. The van der Waals surface area contributed by atoms with E-state index in [0.717, 1.165) is 0 Å². The van der Waals surface area contributed by atoms with Gasteiger partial charge in [-0.15, -0.1) is 0 Å². The molecule has 1 fully saturated rings. The van der Waals surface area contributed by atoms with Crippen molar-refractivity contribution in [3.63, 3.8) is 0 Å². The van der Waals surface area contributed by atoms with Gasteiger partial charge in [-0.2, -0.15) is 4.98 Å². The van der Waals surface area contributed by atoms with Crippen molar-refractivity contribution in [2.24, 2.45) is 11.0 Å². The van der Waals surface area contributed by atoms with Gasteiger partial charge in [-0.25, -0.2) is 4.98 Å². The predicted molar refractivity (Wildman–Crippen MR) is 116 cm³/mol. The number of aromatic amines is 1. The van der Waals surface area contributed by atoms with Crippen LogP contribution in [-0.2, 0) is 23.2 Å². The number of azide groups is 1. The summed E-state index contributed by atoms with van der Waals surface area (Å²) in [6.07, 6.45) is -0.651. The first kappa shape index (κ1) is 26.0. The normalized spacial score (nSPS) is 22.5. The third kappa shape index (κ3) is 6.29. The molecule has 5 N–H and O–H groups in total. The Balaban J connectivity index is 1.85. The molecule has 17 nitrogen and oxygen atoms in total. The van der Waals surface area contributed by atoms with E-state index in [9.17, 15) is 23.6 Å². The summed E-state index contributed by atoms with van der Waals surface area (Å²) in [5.41, 5.74) is 8.24. The van der Waals surface area contributed by atoms with Gasteiger partial charge in [0, 0.05) is 17.3 Å². The fourth-order valence-electron chi connectivity index (χ4n) is 3.14. The van der Waals surface area contributed by atoms with Gasteiger partial charge in [-0.1, -0.05) is 19.0 Å². The number of hydrogen-bond acceptors (Lipinski definition) is 9. The molecular weight excluding hydrogens is 498 g/mol. The quantitative estimate of drug-likeness (QED) is 0.135. The number of ether oxygens (including phenoxy) is 1. The molecule has 3 rings (SSSR count). The molecule has 0 radical (unpaired) electrons. The van der Waals surface area contributed by atoms with Gasteiger partial charge in [0.15, 0.2) is 17.1 Å². The Hall–Kier alpha value is -2.61. The summed E-state index contributed by atoms with van der Waals surface area (Å²) in [7, 11) is -9.49. The lowest BCUT2D eigenvalue weighted by atomic mass is 10.1. The Bertz CT molecular complexity index is 1280. The van der Waals surface area contributed by atoms with E-state index in [1.165, 1.54) is 10.9 Å². The van der Waals surface area contributed by atoms with Gasteiger partial charge in [0.05, 0.1) is 25.1 Å². The number of rotatable bonds is 9. The number of imidazole rings is 1. The minimum atomic E-state index is -4.83. The zero-order valence-corrected chi connectivity index (χ0v) is 19.7. The van der Waals surface area contributed by atoms with Crippen LogP contribution >= 0.6 is 15.2 Å². The van der Waals surface area contributed by atoms with Gasteiger partial charge < -0.3 is 23.9 Å². The number of aromatic nitrogens is 4. The maximum Gasteiger partial charge on any atom is 0.340 e. The SMILES string of the molecule is CC(C)C(=O)Nc1nc2c(ncn2C2C[C@H](N=[N+]=[N-])C(COP(=O)(O)CP(=O)(O)O)O2)c(=O)[nH]1. The maximum absolute atomic E-state index is 12.4. The van der Waals surface area contributed by atoms with Gasteiger partial charge in [-0.05, 0) is 5.53 Å². The van der Waals surface area contributed by atoms with E-state index in [1.807, 2.05) is 0 Å². The van der Waals surface area contributed by atoms with Crippen LogP contribution in [0.3, 0.4) is 0 Å². The molecule has 2 aromatic rings. The maximum atomic E-state index is 12.4. The monoisotopic (exact) mass is 520 g/mol. The Morgan fingerprint density at radius 2 is 2.18 bits per heavy atom. The van der Waals surface area contributed by atoms with Crippen LogP contribution in [0.4, 0.5) is 5.95 Å². The standard InChI is InChI=1S/C15H22N8O9P2/c1-7(2)13(24)19-15-18-12-11(14(25)20-15)17-5-23(12)10-3-8(21-22-16)9(32-10)4-31-34(29,30)6-33(26,27)28/h5,7-10H,3-4,6H2,1-2H3,(H,29,30)(H2,26,27,28)(H2,18,19,20,24,25)/t8-,9?,10?/m0/s1. The highest BCUT2D eigenvalue weighted by Gasteiger charge is 2.39.